The number of nitro benzene ring substituents is 1. The van der Waals surface area contributed by atoms with Crippen molar-refractivity contribution >= 4 is 11.4 Å². The van der Waals surface area contributed by atoms with Crippen LogP contribution in [0.15, 0.2) is 42.5 Å². The Bertz CT molecular complexity index is 705. The van der Waals surface area contributed by atoms with Crippen molar-refractivity contribution < 1.29 is 14.4 Å². The standard InChI is InChI=1S/C15H13FN2O3/c16-10-5-6-12(13(8-10)18(20)21)17-15-11-4-2-1-3-9(11)7-14(15)19/h1-6,8,14-15,17,19H,7H2/t14-,15+/m0/s1. The lowest BCUT2D eigenvalue weighted by Gasteiger charge is -2.19. The molecule has 3 rings (SSSR count). The molecule has 1 aliphatic carbocycles. The van der Waals surface area contributed by atoms with Crippen molar-refractivity contribution in [3.63, 3.8) is 0 Å². The number of nitrogens with zero attached hydrogens (tertiary/aromatic N) is 1. The zero-order valence-corrected chi connectivity index (χ0v) is 11.0. The third-order valence-electron chi connectivity index (χ3n) is 3.67. The molecule has 0 heterocycles. The Labute approximate surface area is 120 Å². The van der Waals surface area contributed by atoms with Crippen molar-refractivity contribution in [2.24, 2.45) is 0 Å². The fourth-order valence-electron chi connectivity index (χ4n) is 2.69. The van der Waals surface area contributed by atoms with Crippen LogP contribution in [0.4, 0.5) is 15.8 Å². The summed E-state index contributed by atoms with van der Waals surface area (Å²) in [6, 6.07) is 10.4. The average molecular weight is 288 g/mol. The Hall–Kier alpha value is -2.47. The quantitative estimate of drug-likeness (QED) is 0.672. The van der Waals surface area contributed by atoms with Gasteiger partial charge in [0.05, 0.1) is 23.1 Å². The van der Waals surface area contributed by atoms with Gasteiger partial charge in [0.1, 0.15) is 11.5 Å². The Balaban J connectivity index is 1.96. The molecule has 2 N–H and O–H groups in total. The van der Waals surface area contributed by atoms with Crippen LogP contribution in [-0.4, -0.2) is 16.1 Å². The second-order valence-corrected chi connectivity index (χ2v) is 5.01. The number of rotatable bonds is 3. The second-order valence-electron chi connectivity index (χ2n) is 5.01. The molecular weight excluding hydrogens is 275 g/mol. The molecule has 2 atom stereocenters. The summed E-state index contributed by atoms with van der Waals surface area (Å²) >= 11 is 0. The topological polar surface area (TPSA) is 75.4 Å². The normalized spacial score (nSPS) is 20.1. The largest absolute Gasteiger partial charge is 0.390 e. The van der Waals surface area contributed by atoms with Crippen molar-refractivity contribution in [3.05, 3.63) is 69.5 Å². The molecule has 21 heavy (non-hydrogen) atoms. The van der Waals surface area contributed by atoms with E-state index in [1.165, 1.54) is 6.07 Å². The predicted octanol–water partition coefficient (Wildman–Crippen LogP) is 2.80. The minimum Gasteiger partial charge on any atom is -0.390 e. The number of hydrogen-bond donors (Lipinski definition) is 2. The molecule has 5 nitrogen and oxygen atoms in total. The highest BCUT2D eigenvalue weighted by Crippen LogP contribution is 2.36. The van der Waals surface area contributed by atoms with E-state index in [2.05, 4.69) is 5.32 Å². The number of nitrogens with one attached hydrogen (secondary N) is 1. The molecule has 1 aliphatic rings. The van der Waals surface area contributed by atoms with Gasteiger partial charge < -0.3 is 10.4 Å². The van der Waals surface area contributed by atoms with Crippen LogP contribution in [0.5, 0.6) is 0 Å². The van der Waals surface area contributed by atoms with E-state index in [1.54, 1.807) is 0 Å². The third kappa shape index (κ3) is 2.45. The van der Waals surface area contributed by atoms with Crippen molar-refractivity contribution in [1.82, 2.24) is 0 Å². The van der Waals surface area contributed by atoms with Crippen molar-refractivity contribution in [2.45, 2.75) is 18.6 Å². The molecule has 0 aliphatic heterocycles. The highest BCUT2D eigenvalue weighted by Gasteiger charge is 2.32. The molecule has 0 bridgehead atoms. The number of anilines is 1. The number of nitro groups is 1. The lowest BCUT2D eigenvalue weighted by molar-refractivity contribution is -0.384. The van der Waals surface area contributed by atoms with Crippen LogP contribution < -0.4 is 5.32 Å². The van der Waals surface area contributed by atoms with Crippen molar-refractivity contribution in [2.75, 3.05) is 5.32 Å². The molecule has 0 spiro atoms. The van der Waals surface area contributed by atoms with Gasteiger partial charge in [-0.3, -0.25) is 10.1 Å². The van der Waals surface area contributed by atoms with Crippen LogP contribution in [0.2, 0.25) is 0 Å². The molecule has 0 aromatic heterocycles. The van der Waals surface area contributed by atoms with Gasteiger partial charge in [-0.25, -0.2) is 4.39 Å². The molecule has 0 saturated carbocycles. The smallest absolute Gasteiger partial charge is 0.295 e. The molecule has 2 aromatic rings. The van der Waals surface area contributed by atoms with Crippen LogP contribution in [0.1, 0.15) is 17.2 Å². The molecule has 0 fully saturated rings. The van der Waals surface area contributed by atoms with E-state index in [9.17, 15) is 19.6 Å². The van der Waals surface area contributed by atoms with Gasteiger partial charge in [0.2, 0.25) is 0 Å². The van der Waals surface area contributed by atoms with Gasteiger partial charge in [-0.2, -0.15) is 0 Å². The van der Waals surface area contributed by atoms with Crippen molar-refractivity contribution in [1.29, 1.82) is 0 Å². The van der Waals surface area contributed by atoms with E-state index < -0.39 is 22.9 Å². The molecule has 0 amide bonds. The average Bonchev–Trinajstić information content (AvgIpc) is 2.77. The number of aliphatic hydroxyl groups is 1. The summed E-state index contributed by atoms with van der Waals surface area (Å²) in [7, 11) is 0. The lowest BCUT2D eigenvalue weighted by atomic mass is 10.1. The van der Waals surface area contributed by atoms with Gasteiger partial charge in [0.25, 0.3) is 5.69 Å². The first kappa shape index (κ1) is 13.5. The highest BCUT2D eigenvalue weighted by atomic mass is 19.1. The third-order valence-corrected chi connectivity index (χ3v) is 3.67. The molecule has 108 valence electrons. The maximum absolute atomic E-state index is 13.2. The highest BCUT2D eigenvalue weighted by molar-refractivity contribution is 5.63. The fourth-order valence-corrected chi connectivity index (χ4v) is 2.69. The first-order valence-electron chi connectivity index (χ1n) is 6.52. The van der Waals surface area contributed by atoms with E-state index >= 15 is 0 Å². The minimum atomic E-state index is -0.674. The van der Waals surface area contributed by atoms with E-state index in [4.69, 9.17) is 0 Å². The first-order valence-corrected chi connectivity index (χ1v) is 6.52. The Kier molecular flexibility index (Phi) is 3.31. The van der Waals surface area contributed by atoms with E-state index in [0.29, 0.717) is 6.42 Å². The second kappa shape index (κ2) is 5.14. The molecule has 0 radical (unpaired) electrons. The molecular formula is C15H13FN2O3. The number of fused-ring (bicyclic) bond motifs is 1. The Morgan fingerprint density at radius 3 is 2.81 bits per heavy atom. The zero-order chi connectivity index (χ0) is 15.0. The summed E-state index contributed by atoms with van der Waals surface area (Å²) in [6.07, 6.45) is -0.185. The zero-order valence-electron chi connectivity index (χ0n) is 11.0. The monoisotopic (exact) mass is 288 g/mol. The van der Waals surface area contributed by atoms with Crippen LogP contribution in [0.3, 0.4) is 0 Å². The number of benzene rings is 2. The van der Waals surface area contributed by atoms with Crippen LogP contribution >= 0.6 is 0 Å². The molecule has 2 aromatic carbocycles. The number of aliphatic hydroxyl groups excluding tert-OH is 1. The predicted molar refractivity (Wildman–Crippen MR) is 75.6 cm³/mol. The maximum atomic E-state index is 13.2. The Morgan fingerprint density at radius 2 is 2.05 bits per heavy atom. The lowest BCUT2D eigenvalue weighted by Crippen LogP contribution is -2.21. The van der Waals surface area contributed by atoms with Gasteiger partial charge in [0, 0.05) is 6.42 Å². The number of hydrogen-bond acceptors (Lipinski definition) is 4. The van der Waals surface area contributed by atoms with Crippen LogP contribution in [0, 0.1) is 15.9 Å². The van der Waals surface area contributed by atoms with Gasteiger partial charge >= 0.3 is 0 Å². The van der Waals surface area contributed by atoms with Gasteiger partial charge in [-0.15, -0.1) is 0 Å². The summed E-state index contributed by atoms with van der Waals surface area (Å²) in [4.78, 5) is 10.4. The molecule has 0 saturated heterocycles. The SMILES string of the molecule is O=[N+]([O-])c1cc(F)ccc1N[C@@H]1c2ccccc2C[C@@H]1O. The fraction of sp³-hybridized carbons (Fsp3) is 0.200. The Morgan fingerprint density at radius 1 is 1.29 bits per heavy atom. The van der Waals surface area contributed by atoms with Gasteiger partial charge in [0.15, 0.2) is 0 Å². The van der Waals surface area contributed by atoms with Crippen LogP contribution in [0.25, 0.3) is 0 Å². The van der Waals surface area contributed by atoms with Crippen molar-refractivity contribution in [3.8, 4) is 0 Å². The summed E-state index contributed by atoms with van der Waals surface area (Å²) in [6.45, 7) is 0. The summed E-state index contributed by atoms with van der Waals surface area (Å²) in [5, 5.41) is 24.1. The number of halogens is 1. The summed E-state index contributed by atoms with van der Waals surface area (Å²) < 4.78 is 13.2. The molecule has 6 heteroatoms. The van der Waals surface area contributed by atoms with E-state index in [1.807, 2.05) is 24.3 Å². The summed E-state index contributed by atoms with van der Waals surface area (Å²) in [5.74, 6) is -0.667. The van der Waals surface area contributed by atoms with Crippen LogP contribution in [-0.2, 0) is 6.42 Å². The molecule has 0 unspecified atom stereocenters. The first-order chi connectivity index (χ1) is 10.1. The minimum absolute atomic E-state index is 0.196. The van der Waals surface area contributed by atoms with Gasteiger partial charge in [-0.1, -0.05) is 24.3 Å². The van der Waals surface area contributed by atoms with E-state index in [-0.39, 0.29) is 11.4 Å². The van der Waals surface area contributed by atoms with E-state index in [0.717, 1.165) is 23.3 Å². The summed E-state index contributed by atoms with van der Waals surface area (Å²) in [5.41, 5.74) is 1.77. The maximum Gasteiger partial charge on any atom is 0.295 e. The van der Waals surface area contributed by atoms with Gasteiger partial charge in [-0.05, 0) is 23.3 Å².